The zero-order chi connectivity index (χ0) is 13.1. The SMILES string of the molecule is Cc1ccc(C(NN)c2ccccc2F)cc1Br. The average Bonchev–Trinajstić information content (AvgIpc) is 2.37. The van der Waals surface area contributed by atoms with Gasteiger partial charge in [-0.1, -0.05) is 46.3 Å². The number of benzene rings is 2. The maximum Gasteiger partial charge on any atom is 0.128 e. The second kappa shape index (κ2) is 5.61. The van der Waals surface area contributed by atoms with Crippen molar-refractivity contribution in [2.24, 2.45) is 5.84 Å². The molecule has 0 fully saturated rings. The van der Waals surface area contributed by atoms with Crippen LogP contribution in [-0.4, -0.2) is 0 Å². The molecule has 94 valence electrons. The minimum Gasteiger partial charge on any atom is -0.271 e. The molecule has 2 nitrogen and oxygen atoms in total. The summed E-state index contributed by atoms with van der Waals surface area (Å²) in [6.07, 6.45) is 0. The minimum atomic E-state index is -0.358. The van der Waals surface area contributed by atoms with Gasteiger partial charge in [0.1, 0.15) is 5.82 Å². The summed E-state index contributed by atoms with van der Waals surface area (Å²) in [4.78, 5) is 0. The highest BCUT2D eigenvalue weighted by Gasteiger charge is 2.16. The molecule has 2 aromatic rings. The molecule has 2 rings (SSSR count). The summed E-state index contributed by atoms with van der Waals surface area (Å²) >= 11 is 3.47. The van der Waals surface area contributed by atoms with E-state index < -0.39 is 0 Å². The molecule has 0 aliphatic carbocycles. The van der Waals surface area contributed by atoms with Crippen molar-refractivity contribution in [2.45, 2.75) is 13.0 Å². The van der Waals surface area contributed by atoms with Crippen molar-refractivity contribution < 1.29 is 4.39 Å². The number of aryl methyl sites for hydroxylation is 1. The van der Waals surface area contributed by atoms with Gasteiger partial charge in [0.05, 0.1) is 6.04 Å². The average molecular weight is 309 g/mol. The van der Waals surface area contributed by atoms with E-state index in [1.807, 2.05) is 25.1 Å². The summed E-state index contributed by atoms with van der Waals surface area (Å²) in [5.74, 6) is 5.30. The first kappa shape index (κ1) is 13.2. The van der Waals surface area contributed by atoms with E-state index in [4.69, 9.17) is 5.84 Å². The summed E-state index contributed by atoms with van der Waals surface area (Å²) in [6, 6.07) is 12.1. The molecule has 0 heterocycles. The number of hydrazine groups is 1. The molecular weight excluding hydrogens is 295 g/mol. The highest BCUT2D eigenvalue weighted by atomic mass is 79.9. The quantitative estimate of drug-likeness (QED) is 0.673. The third-order valence-electron chi connectivity index (χ3n) is 2.91. The van der Waals surface area contributed by atoms with Crippen LogP contribution in [0.2, 0.25) is 0 Å². The monoisotopic (exact) mass is 308 g/mol. The van der Waals surface area contributed by atoms with E-state index in [-0.39, 0.29) is 11.9 Å². The van der Waals surface area contributed by atoms with Crippen LogP contribution in [0.4, 0.5) is 4.39 Å². The highest BCUT2D eigenvalue weighted by molar-refractivity contribution is 9.10. The normalized spacial score (nSPS) is 12.4. The Hall–Kier alpha value is -1.23. The van der Waals surface area contributed by atoms with Crippen LogP contribution < -0.4 is 11.3 Å². The van der Waals surface area contributed by atoms with Crippen molar-refractivity contribution >= 4 is 15.9 Å². The van der Waals surface area contributed by atoms with Crippen molar-refractivity contribution in [2.75, 3.05) is 0 Å². The van der Waals surface area contributed by atoms with Crippen LogP contribution in [0.5, 0.6) is 0 Å². The number of nitrogens with two attached hydrogens (primary N) is 1. The molecule has 0 saturated carbocycles. The minimum absolute atomic E-state index is 0.267. The van der Waals surface area contributed by atoms with Crippen LogP contribution in [0.1, 0.15) is 22.7 Å². The summed E-state index contributed by atoms with van der Waals surface area (Å²) in [6.45, 7) is 2.00. The lowest BCUT2D eigenvalue weighted by Gasteiger charge is -2.18. The van der Waals surface area contributed by atoms with Crippen LogP contribution in [0.3, 0.4) is 0 Å². The van der Waals surface area contributed by atoms with Crippen molar-refractivity contribution in [1.82, 2.24) is 5.43 Å². The third kappa shape index (κ3) is 2.61. The lowest BCUT2D eigenvalue weighted by molar-refractivity contribution is 0.560. The van der Waals surface area contributed by atoms with Crippen molar-refractivity contribution in [3.8, 4) is 0 Å². The molecule has 0 amide bonds. The molecule has 4 heteroatoms. The van der Waals surface area contributed by atoms with Crippen molar-refractivity contribution in [3.63, 3.8) is 0 Å². The molecule has 0 saturated heterocycles. The van der Waals surface area contributed by atoms with E-state index in [1.165, 1.54) is 6.07 Å². The standard InChI is InChI=1S/C14H14BrFN2/c1-9-6-7-10(8-12(9)15)14(18-17)11-4-2-3-5-13(11)16/h2-8,14,18H,17H2,1H3. The first-order valence-corrected chi connectivity index (χ1v) is 6.39. The predicted octanol–water partition coefficient (Wildman–Crippen LogP) is 3.45. The number of hydrogen-bond donors (Lipinski definition) is 2. The van der Waals surface area contributed by atoms with Crippen LogP contribution in [0.25, 0.3) is 0 Å². The topological polar surface area (TPSA) is 38.0 Å². The van der Waals surface area contributed by atoms with Crippen LogP contribution >= 0.6 is 15.9 Å². The largest absolute Gasteiger partial charge is 0.271 e. The van der Waals surface area contributed by atoms with Gasteiger partial charge in [-0.05, 0) is 30.2 Å². The summed E-state index contributed by atoms with van der Waals surface area (Å²) in [7, 11) is 0. The van der Waals surface area contributed by atoms with E-state index in [2.05, 4.69) is 21.4 Å². The van der Waals surface area contributed by atoms with Gasteiger partial charge in [0, 0.05) is 10.0 Å². The molecule has 1 unspecified atom stereocenters. The van der Waals surface area contributed by atoms with Gasteiger partial charge >= 0.3 is 0 Å². The summed E-state index contributed by atoms with van der Waals surface area (Å²) in [5, 5.41) is 0. The Balaban J connectivity index is 2.45. The second-order valence-corrected chi connectivity index (χ2v) is 4.98. The Kier molecular flexibility index (Phi) is 4.11. The van der Waals surface area contributed by atoms with Crippen LogP contribution in [0, 0.1) is 12.7 Å². The summed E-state index contributed by atoms with van der Waals surface area (Å²) < 4.78 is 14.8. The Morgan fingerprint density at radius 2 is 1.94 bits per heavy atom. The lowest BCUT2D eigenvalue weighted by Crippen LogP contribution is -2.29. The molecule has 2 aromatic carbocycles. The van der Waals surface area contributed by atoms with Gasteiger partial charge in [0.25, 0.3) is 0 Å². The second-order valence-electron chi connectivity index (χ2n) is 4.13. The molecule has 0 aliphatic heterocycles. The lowest BCUT2D eigenvalue weighted by atomic mass is 9.98. The molecule has 0 aromatic heterocycles. The number of nitrogens with one attached hydrogen (secondary N) is 1. The highest BCUT2D eigenvalue weighted by Crippen LogP contribution is 2.27. The van der Waals surface area contributed by atoms with E-state index in [1.54, 1.807) is 18.2 Å². The van der Waals surface area contributed by atoms with E-state index in [9.17, 15) is 4.39 Å². The Morgan fingerprint density at radius 1 is 1.22 bits per heavy atom. The van der Waals surface area contributed by atoms with Crippen molar-refractivity contribution in [3.05, 3.63) is 69.4 Å². The first-order chi connectivity index (χ1) is 8.63. The first-order valence-electron chi connectivity index (χ1n) is 5.60. The smallest absolute Gasteiger partial charge is 0.128 e. The molecule has 0 spiro atoms. The maximum absolute atomic E-state index is 13.8. The number of rotatable bonds is 3. The third-order valence-corrected chi connectivity index (χ3v) is 3.77. The fourth-order valence-electron chi connectivity index (χ4n) is 1.86. The van der Waals surface area contributed by atoms with Crippen LogP contribution in [-0.2, 0) is 0 Å². The fraction of sp³-hybridized carbons (Fsp3) is 0.143. The molecule has 18 heavy (non-hydrogen) atoms. The number of hydrogen-bond acceptors (Lipinski definition) is 2. The van der Waals surface area contributed by atoms with E-state index in [0.717, 1.165) is 15.6 Å². The molecule has 0 bridgehead atoms. The van der Waals surface area contributed by atoms with Gasteiger partial charge in [0.15, 0.2) is 0 Å². The van der Waals surface area contributed by atoms with E-state index >= 15 is 0 Å². The summed E-state index contributed by atoms with van der Waals surface area (Å²) in [5.41, 5.74) is 5.24. The van der Waals surface area contributed by atoms with Gasteiger partial charge in [-0.2, -0.15) is 0 Å². The Morgan fingerprint density at radius 3 is 2.56 bits per heavy atom. The maximum atomic E-state index is 13.8. The molecule has 0 radical (unpaired) electrons. The Labute approximate surface area is 114 Å². The molecule has 1 atom stereocenters. The van der Waals surface area contributed by atoms with E-state index in [0.29, 0.717) is 5.56 Å². The van der Waals surface area contributed by atoms with Gasteiger partial charge in [-0.15, -0.1) is 0 Å². The predicted molar refractivity (Wildman–Crippen MR) is 74.4 cm³/mol. The van der Waals surface area contributed by atoms with Crippen LogP contribution in [0.15, 0.2) is 46.9 Å². The van der Waals surface area contributed by atoms with Gasteiger partial charge < -0.3 is 0 Å². The Bertz CT molecular complexity index is 557. The number of halogens is 2. The van der Waals surface area contributed by atoms with Crippen molar-refractivity contribution in [1.29, 1.82) is 0 Å². The molecular formula is C14H14BrFN2. The molecule has 3 N–H and O–H groups in total. The van der Waals surface area contributed by atoms with Gasteiger partial charge in [-0.3, -0.25) is 5.84 Å². The molecule has 0 aliphatic rings. The fourth-order valence-corrected chi connectivity index (χ4v) is 2.26. The zero-order valence-corrected chi connectivity index (χ0v) is 11.5. The van der Waals surface area contributed by atoms with Gasteiger partial charge in [0.2, 0.25) is 0 Å². The zero-order valence-electron chi connectivity index (χ0n) is 9.95. The van der Waals surface area contributed by atoms with Gasteiger partial charge in [-0.25, -0.2) is 9.82 Å².